The molecule has 0 aliphatic rings. The van der Waals surface area contributed by atoms with Crippen LogP contribution in [0.3, 0.4) is 0 Å². The van der Waals surface area contributed by atoms with Gasteiger partial charge in [-0.05, 0) is 56.3 Å². The second-order valence-corrected chi connectivity index (χ2v) is 6.72. The third-order valence-corrected chi connectivity index (χ3v) is 4.54. The summed E-state index contributed by atoms with van der Waals surface area (Å²) in [4.78, 5) is 20.8. The number of pyridine rings is 1. The lowest BCUT2D eigenvalue weighted by molar-refractivity contribution is 0.102. The highest BCUT2D eigenvalue weighted by atomic mass is 16.5. The molecule has 0 bridgehead atoms. The van der Waals surface area contributed by atoms with E-state index >= 15 is 0 Å². The van der Waals surface area contributed by atoms with Crippen LogP contribution in [0.15, 0.2) is 71.5 Å². The van der Waals surface area contributed by atoms with E-state index in [-0.39, 0.29) is 5.91 Å². The minimum atomic E-state index is -0.226. The van der Waals surface area contributed by atoms with E-state index < -0.39 is 0 Å². The lowest BCUT2D eigenvalue weighted by atomic mass is 10.1. The quantitative estimate of drug-likeness (QED) is 0.427. The fraction of sp³-hybridized carbons (Fsp3) is 0.167. The van der Waals surface area contributed by atoms with Crippen molar-refractivity contribution in [1.29, 1.82) is 0 Å². The molecule has 0 aliphatic heterocycles. The van der Waals surface area contributed by atoms with Crippen LogP contribution in [0.2, 0.25) is 0 Å². The molecule has 2 aromatic heterocycles. The average molecular weight is 430 g/mol. The molecule has 2 heterocycles. The molecule has 2 aromatic carbocycles. The van der Waals surface area contributed by atoms with Gasteiger partial charge in [-0.1, -0.05) is 17.3 Å². The maximum absolute atomic E-state index is 12.4. The standard InChI is InChI=1S/C24H22N4O4/c1-3-30-20-9-8-18(15-21(20)31-4-2)24-27-22(28-32-24)17-6-5-7-19(14-17)26-23(29)16-10-12-25-13-11-16/h5-15H,3-4H2,1-2H3,(H,26,29). The van der Waals surface area contributed by atoms with Gasteiger partial charge < -0.3 is 19.3 Å². The summed E-state index contributed by atoms with van der Waals surface area (Å²) in [5.41, 5.74) is 2.57. The number of benzene rings is 2. The van der Waals surface area contributed by atoms with Gasteiger partial charge in [0.2, 0.25) is 5.82 Å². The van der Waals surface area contributed by atoms with Gasteiger partial charge in [-0.2, -0.15) is 4.98 Å². The molecule has 8 heteroatoms. The first kappa shape index (κ1) is 21.0. The van der Waals surface area contributed by atoms with Gasteiger partial charge >= 0.3 is 0 Å². The number of nitrogens with one attached hydrogen (secondary N) is 1. The van der Waals surface area contributed by atoms with E-state index in [1.54, 1.807) is 36.7 Å². The lowest BCUT2D eigenvalue weighted by Crippen LogP contribution is -2.11. The molecule has 0 saturated carbocycles. The Morgan fingerprint density at radius 3 is 2.50 bits per heavy atom. The highest BCUT2D eigenvalue weighted by molar-refractivity contribution is 6.04. The largest absolute Gasteiger partial charge is 0.490 e. The number of carbonyl (C=O) groups excluding carboxylic acids is 1. The summed E-state index contributed by atoms with van der Waals surface area (Å²) < 4.78 is 16.8. The molecule has 0 atom stereocenters. The van der Waals surface area contributed by atoms with Crippen LogP contribution in [0.25, 0.3) is 22.8 Å². The second kappa shape index (κ2) is 9.74. The van der Waals surface area contributed by atoms with E-state index in [0.29, 0.717) is 53.2 Å². The third kappa shape index (κ3) is 4.75. The Morgan fingerprint density at radius 2 is 1.72 bits per heavy atom. The van der Waals surface area contributed by atoms with E-state index in [2.05, 4.69) is 20.4 Å². The van der Waals surface area contributed by atoms with Gasteiger partial charge in [0.1, 0.15) is 0 Å². The van der Waals surface area contributed by atoms with Crippen LogP contribution in [0.5, 0.6) is 11.5 Å². The van der Waals surface area contributed by atoms with Crippen molar-refractivity contribution in [1.82, 2.24) is 15.1 Å². The first-order valence-corrected chi connectivity index (χ1v) is 10.2. The summed E-state index contributed by atoms with van der Waals surface area (Å²) in [6.07, 6.45) is 3.15. The van der Waals surface area contributed by atoms with Crippen molar-refractivity contribution in [2.24, 2.45) is 0 Å². The molecule has 4 aromatic rings. The van der Waals surface area contributed by atoms with Gasteiger partial charge in [-0.3, -0.25) is 9.78 Å². The highest BCUT2D eigenvalue weighted by Crippen LogP contribution is 2.33. The number of rotatable bonds is 8. The maximum atomic E-state index is 12.4. The molecular weight excluding hydrogens is 408 g/mol. The monoisotopic (exact) mass is 430 g/mol. The number of carbonyl (C=O) groups is 1. The van der Waals surface area contributed by atoms with Crippen molar-refractivity contribution in [2.45, 2.75) is 13.8 Å². The summed E-state index contributed by atoms with van der Waals surface area (Å²) >= 11 is 0. The summed E-state index contributed by atoms with van der Waals surface area (Å²) in [6, 6.07) is 16.0. The molecule has 0 aliphatic carbocycles. The van der Waals surface area contributed by atoms with Crippen LogP contribution in [0.4, 0.5) is 5.69 Å². The fourth-order valence-corrected chi connectivity index (χ4v) is 3.08. The fourth-order valence-electron chi connectivity index (χ4n) is 3.08. The van der Waals surface area contributed by atoms with Crippen molar-refractivity contribution in [3.63, 3.8) is 0 Å². The van der Waals surface area contributed by atoms with E-state index in [1.807, 2.05) is 44.2 Å². The summed E-state index contributed by atoms with van der Waals surface area (Å²) in [7, 11) is 0. The van der Waals surface area contributed by atoms with Gasteiger partial charge in [0.25, 0.3) is 11.8 Å². The predicted octanol–water partition coefficient (Wildman–Crippen LogP) is 4.85. The highest BCUT2D eigenvalue weighted by Gasteiger charge is 2.15. The molecule has 1 amide bonds. The van der Waals surface area contributed by atoms with Crippen molar-refractivity contribution < 1.29 is 18.8 Å². The van der Waals surface area contributed by atoms with E-state index in [4.69, 9.17) is 14.0 Å². The smallest absolute Gasteiger partial charge is 0.258 e. The van der Waals surface area contributed by atoms with Gasteiger partial charge in [0.15, 0.2) is 11.5 Å². The first-order chi connectivity index (χ1) is 15.7. The molecule has 0 radical (unpaired) electrons. The van der Waals surface area contributed by atoms with Crippen LogP contribution < -0.4 is 14.8 Å². The number of anilines is 1. The van der Waals surface area contributed by atoms with Crippen LogP contribution in [0.1, 0.15) is 24.2 Å². The van der Waals surface area contributed by atoms with Gasteiger partial charge in [0, 0.05) is 34.8 Å². The van der Waals surface area contributed by atoms with Crippen LogP contribution in [-0.2, 0) is 0 Å². The molecule has 32 heavy (non-hydrogen) atoms. The minimum absolute atomic E-state index is 0.226. The Bertz CT molecular complexity index is 1210. The topological polar surface area (TPSA) is 99.4 Å². The number of nitrogens with zero attached hydrogens (tertiary/aromatic N) is 3. The Balaban J connectivity index is 1.56. The maximum Gasteiger partial charge on any atom is 0.258 e. The number of hydrogen-bond donors (Lipinski definition) is 1. The van der Waals surface area contributed by atoms with Crippen LogP contribution in [-0.4, -0.2) is 34.2 Å². The molecule has 0 spiro atoms. The first-order valence-electron chi connectivity index (χ1n) is 10.2. The summed E-state index contributed by atoms with van der Waals surface area (Å²) in [5, 5.41) is 6.96. The minimum Gasteiger partial charge on any atom is -0.490 e. The zero-order valence-electron chi connectivity index (χ0n) is 17.7. The molecule has 4 rings (SSSR count). The second-order valence-electron chi connectivity index (χ2n) is 6.72. The Morgan fingerprint density at radius 1 is 0.938 bits per heavy atom. The zero-order valence-corrected chi connectivity index (χ0v) is 17.7. The van der Waals surface area contributed by atoms with E-state index in [9.17, 15) is 4.79 Å². The molecule has 0 saturated heterocycles. The van der Waals surface area contributed by atoms with Gasteiger partial charge in [-0.15, -0.1) is 0 Å². The average Bonchev–Trinajstić information content (AvgIpc) is 3.32. The van der Waals surface area contributed by atoms with Gasteiger partial charge in [0.05, 0.1) is 13.2 Å². The zero-order chi connectivity index (χ0) is 22.3. The molecule has 1 N–H and O–H groups in total. The summed E-state index contributed by atoms with van der Waals surface area (Å²) in [5.74, 6) is 1.82. The number of ether oxygens (including phenoxy) is 2. The SMILES string of the molecule is CCOc1ccc(-c2nc(-c3cccc(NC(=O)c4ccncc4)c3)no2)cc1OCC. The van der Waals surface area contributed by atoms with Gasteiger partial charge in [-0.25, -0.2) is 0 Å². The molecule has 0 unspecified atom stereocenters. The van der Waals surface area contributed by atoms with E-state index in [0.717, 1.165) is 5.56 Å². The lowest BCUT2D eigenvalue weighted by Gasteiger charge is -2.11. The molecule has 162 valence electrons. The Labute approximate surface area is 185 Å². The number of aromatic nitrogens is 3. The van der Waals surface area contributed by atoms with Crippen LogP contribution >= 0.6 is 0 Å². The predicted molar refractivity (Wildman–Crippen MR) is 120 cm³/mol. The Kier molecular flexibility index (Phi) is 6.41. The van der Waals surface area contributed by atoms with E-state index in [1.165, 1.54) is 0 Å². The molecular formula is C24H22N4O4. The van der Waals surface area contributed by atoms with Crippen molar-refractivity contribution >= 4 is 11.6 Å². The summed E-state index contributed by atoms with van der Waals surface area (Å²) in [6.45, 7) is 4.88. The van der Waals surface area contributed by atoms with Crippen molar-refractivity contribution in [2.75, 3.05) is 18.5 Å². The van der Waals surface area contributed by atoms with Crippen LogP contribution in [0, 0.1) is 0 Å². The van der Waals surface area contributed by atoms with Crippen molar-refractivity contribution in [3.8, 4) is 34.3 Å². The Hall–Kier alpha value is -4.20. The number of amides is 1. The third-order valence-electron chi connectivity index (χ3n) is 4.54. The molecule has 8 nitrogen and oxygen atoms in total. The normalized spacial score (nSPS) is 10.6. The number of hydrogen-bond acceptors (Lipinski definition) is 7. The van der Waals surface area contributed by atoms with Crippen molar-refractivity contribution in [3.05, 3.63) is 72.6 Å². The molecule has 0 fully saturated rings.